The molecule has 180 valence electrons. The third kappa shape index (κ3) is 7.20. The molecule has 0 saturated carbocycles. The second kappa shape index (κ2) is 12.0. The molecule has 3 rings (SSSR count). The van der Waals surface area contributed by atoms with Gasteiger partial charge in [-0.25, -0.2) is 8.42 Å². The highest BCUT2D eigenvalue weighted by Gasteiger charge is 2.26. The van der Waals surface area contributed by atoms with Crippen LogP contribution in [0.2, 0.25) is 0 Å². The Hall–Kier alpha value is -2.58. The lowest BCUT2D eigenvalue weighted by Gasteiger charge is -2.21. The maximum absolute atomic E-state index is 13.1. The molecular weight excluding hydrogens is 440 g/mol. The van der Waals surface area contributed by atoms with E-state index in [0.29, 0.717) is 44.0 Å². The molecule has 33 heavy (non-hydrogen) atoms. The minimum Gasteiger partial charge on any atom is -0.495 e. The van der Waals surface area contributed by atoms with Gasteiger partial charge in [-0.1, -0.05) is 25.0 Å². The molecule has 1 heterocycles. The summed E-state index contributed by atoms with van der Waals surface area (Å²) in [6.07, 6.45) is 5.54. The Morgan fingerprint density at radius 1 is 1.03 bits per heavy atom. The van der Waals surface area contributed by atoms with Gasteiger partial charge in [0.1, 0.15) is 11.5 Å². The number of carbonyl (C=O) groups excluding carboxylic acids is 1. The number of hydrogen-bond acceptors (Lipinski definition) is 5. The van der Waals surface area contributed by atoms with E-state index in [-0.39, 0.29) is 10.8 Å². The van der Waals surface area contributed by atoms with Crippen molar-refractivity contribution in [2.45, 2.75) is 56.8 Å². The zero-order valence-electron chi connectivity index (χ0n) is 19.5. The summed E-state index contributed by atoms with van der Waals surface area (Å²) in [5.41, 5.74) is 1.51. The van der Waals surface area contributed by atoms with Crippen LogP contribution in [0.4, 0.5) is 5.69 Å². The van der Waals surface area contributed by atoms with E-state index >= 15 is 0 Å². The number of aryl methyl sites for hydroxylation is 1. The summed E-state index contributed by atoms with van der Waals surface area (Å²) in [4.78, 5) is 12.7. The molecule has 1 aliphatic rings. The Kier molecular flexibility index (Phi) is 9.14. The number of sulfonamides is 1. The zero-order chi connectivity index (χ0) is 23.7. The van der Waals surface area contributed by atoms with Gasteiger partial charge in [-0.15, -0.1) is 0 Å². The Morgan fingerprint density at radius 3 is 2.48 bits per heavy atom. The number of benzene rings is 2. The van der Waals surface area contributed by atoms with Gasteiger partial charge >= 0.3 is 0 Å². The maximum Gasteiger partial charge on any atom is 0.243 e. The van der Waals surface area contributed by atoms with E-state index in [4.69, 9.17) is 9.47 Å². The van der Waals surface area contributed by atoms with E-state index < -0.39 is 10.0 Å². The minimum absolute atomic E-state index is 0.173. The van der Waals surface area contributed by atoms with Crippen LogP contribution in [0.3, 0.4) is 0 Å². The van der Waals surface area contributed by atoms with Gasteiger partial charge in [-0.3, -0.25) is 4.79 Å². The lowest BCUT2D eigenvalue weighted by atomic mass is 10.2. The van der Waals surface area contributed by atoms with Crippen molar-refractivity contribution in [2.24, 2.45) is 0 Å². The summed E-state index contributed by atoms with van der Waals surface area (Å²) in [5.74, 6) is 1.07. The quantitative estimate of drug-likeness (QED) is 0.502. The van der Waals surface area contributed by atoms with Gasteiger partial charge in [0, 0.05) is 19.5 Å². The molecule has 8 heteroatoms. The molecule has 1 N–H and O–H groups in total. The third-order valence-corrected chi connectivity index (χ3v) is 7.60. The Balaban J connectivity index is 1.56. The Morgan fingerprint density at radius 2 is 1.79 bits per heavy atom. The molecule has 7 nitrogen and oxygen atoms in total. The van der Waals surface area contributed by atoms with Gasteiger partial charge in [0.25, 0.3) is 0 Å². The highest BCUT2D eigenvalue weighted by Crippen LogP contribution is 2.30. The smallest absolute Gasteiger partial charge is 0.243 e. The van der Waals surface area contributed by atoms with Crippen LogP contribution in [0.5, 0.6) is 11.5 Å². The highest BCUT2D eigenvalue weighted by atomic mass is 32.2. The number of hydrogen-bond donors (Lipinski definition) is 1. The summed E-state index contributed by atoms with van der Waals surface area (Å²) in [7, 11) is -2.12. The first-order valence-electron chi connectivity index (χ1n) is 11.6. The molecule has 2 aromatic rings. The van der Waals surface area contributed by atoms with Crippen molar-refractivity contribution in [2.75, 3.05) is 32.1 Å². The van der Waals surface area contributed by atoms with Crippen LogP contribution in [0.15, 0.2) is 47.4 Å². The predicted octanol–water partition coefficient (Wildman–Crippen LogP) is 4.76. The fourth-order valence-electron chi connectivity index (χ4n) is 3.87. The Bertz CT molecular complexity index is 1030. The van der Waals surface area contributed by atoms with Crippen LogP contribution in [-0.2, 0) is 14.8 Å². The summed E-state index contributed by atoms with van der Waals surface area (Å²) < 4.78 is 38.8. The van der Waals surface area contributed by atoms with Crippen molar-refractivity contribution in [1.82, 2.24) is 4.31 Å². The number of ether oxygens (including phenoxy) is 2. The van der Waals surface area contributed by atoms with Gasteiger partial charge in [0.15, 0.2) is 0 Å². The normalized spacial score (nSPS) is 15.0. The molecule has 1 saturated heterocycles. The predicted molar refractivity (Wildman–Crippen MR) is 129 cm³/mol. The van der Waals surface area contributed by atoms with E-state index in [2.05, 4.69) is 5.32 Å². The first-order chi connectivity index (χ1) is 15.9. The average molecular weight is 475 g/mol. The number of nitrogens with one attached hydrogen (secondary N) is 1. The molecule has 0 bridgehead atoms. The molecule has 0 atom stereocenters. The lowest BCUT2D eigenvalue weighted by Crippen LogP contribution is -2.32. The number of anilines is 1. The van der Waals surface area contributed by atoms with Gasteiger partial charge in [0.05, 0.1) is 24.3 Å². The van der Waals surface area contributed by atoms with Crippen molar-refractivity contribution in [3.05, 3.63) is 48.0 Å². The number of methoxy groups -OCH3 is 1. The van der Waals surface area contributed by atoms with E-state index in [1.54, 1.807) is 10.4 Å². The average Bonchev–Trinajstić information content (AvgIpc) is 3.09. The van der Waals surface area contributed by atoms with Crippen molar-refractivity contribution >= 4 is 21.6 Å². The van der Waals surface area contributed by atoms with E-state index in [1.807, 2.05) is 31.2 Å². The fraction of sp³-hybridized carbons (Fsp3) is 0.480. The molecular formula is C25H34N2O5S. The molecule has 1 fully saturated rings. The highest BCUT2D eigenvalue weighted by molar-refractivity contribution is 7.89. The number of unbranched alkanes of at least 4 members (excludes halogenated alkanes) is 1. The first kappa shape index (κ1) is 25.1. The SMILES string of the molecule is COc1ccc(S(=O)(=O)N2CCCCCC2)cc1NC(=O)CCCCOc1cccc(C)c1. The zero-order valence-corrected chi connectivity index (χ0v) is 20.3. The van der Waals surface area contributed by atoms with Crippen LogP contribution >= 0.6 is 0 Å². The third-order valence-electron chi connectivity index (χ3n) is 5.70. The standard InChI is InChI=1S/C25H34N2O5S/c1-20-10-9-11-21(18-20)32-17-8-5-12-25(28)26-23-19-22(13-14-24(23)31-2)33(29,30)27-15-6-3-4-7-16-27/h9-11,13-14,18-19H,3-8,12,15-17H2,1-2H3,(H,26,28). The topological polar surface area (TPSA) is 84.9 Å². The molecule has 0 aliphatic carbocycles. The number of amides is 1. The van der Waals surface area contributed by atoms with Crippen LogP contribution < -0.4 is 14.8 Å². The second-order valence-electron chi connectivity index (χ2n) is 8.35. The van der Waals surface area contributed by atoms with Gasteiger partial charge < -0.3 is 14.8 Å². The van der Waals surface area contributed by atoms with E-state index in [9.17, 15) is 13.2 Å². The molecule has 2 aromatic carbocycles. The second-order valence-corrected chi connectivity index (χ2v) is 10.3. The largest absolute Gasteiger partial charge is 0.495 e. The van der Waals surface area contributed by atoms with Gasteiger partial charge in [0.2, 0.25) is 15.9 Å². The molecule has 0 spiro atoms. The number of nitrogens with zero attached hydrogens (tertiary/aromatic N) is 1. The summed E-state index contributed by atoms with van der Waals surface area (Å²) in [5, 5.41) is 2.82. The van der Waals surface area contributed by atoms with E-state index in [1.165, 1.54) is 19.2 Å². The first-order valence-corrected chi connectivity index (χ1v) is 13.0. The molecule has 1 aliphatic heterocycles. The Labute approximate surface area is 197 Å². The molecule has 1 amide bonds. The fourth-order valence-corrected chi connectivity index (χ4v) is 5.42. The van der Waals surface area contributed by atoms with Crippen molar-refractivity contribution < 1.29 is 22.7 Å². The monoisotopic (exact) mass is 474 g/mol. The van der Waals surface area contributed by atoms with Crippen LogP contribution in [0, 0.1) is 6.92 Å². The molecule has 0 radical (unpaired) electrons. The molecule has 0 unspecified atom stereocenters. The van der Waals surface area contributed by atoms with Crippen LogP contribution in [0.1, 0.15) is 50.5 Å². The summed E-state index contributed by atoms with van der Waals surface area (Å²) >= 11 is 0. The van der Waals surface area contributed by atoms with Crippen molar-refractivity contribution in [3.63, 3.8) is 0 Å². The number of rotatable bonds is 10. The van der Waals surface area contributed by atoms with Gasteiger partial charge in [-0.05, 0) is 68.5 Å². The van der Waals surface area contributed by atoms with Crippen LogP contribution in [-0.4, -0.2) is 45.4 Å². The van der Waals surface area contributed by atoms with Crippen LogP contribution in [0.25, 0.3) is 0 Å². The van der Waals surface area contributed by atoms with Crippen molar-refractivity contribution in [1.29, 1.82) is 0 Å². The van der Waals surface area contributed by atoms with E-state index in [0.717, 1.165) is 43.4 Å². The number of carbonyl (C=O) groups is 1. The molecule has 0 aromatic heterocycles. The lowest BCUT2D eigenvalue weighted by molar-refractivity contribution is -0.116. The minimum atomic E-state index is -3.61. The van der Waals surface area contributed by atoms with Crippen molar-refractivity contribution in [3.8, 4) is 11.5 Å². The summed E-state index contributed by atoms with van der Waals surface area (Å²) in [6.45, 7) is 3.60. The van der Waals surface area contributed by atoms with Gasteiger partial charge in [-0.2, -0.15) is 4.31 Å². The maximum atomic E-state index is 13.1. The summed E-state index contributed by atoms with van der Waals surface area (Å²) in [6, 6.07) is 12.5.